The Bertz CT molecular complexity index is 845. The Kier molecular flexibility index (Phi) is 6.24. The molecule has 1 saturated heterocycles. The molecular weight excluding hydrogens is 384 g/mol. The van der Waals surface area contributed by atoms with Gasteiger partial charge in [-0.2, -0.15) is 0 Å². The molecule has 1 fully saturated rings. The average Bonchev–Trinajstić information content (AvgIpc) is 3.31. The van der Waals surface area contributed by atoms with Crippen molar-refractivity contribution in [3.05, 3.63) is 58.9 Å². The van der Waals surface area contributed by atoms with Gasteiger partial charge in [0.15, 0.2) is 0 Å². The second-order valence-electron chi connectivity index (χ2n) is 7.45. The fourth-order valence-electron chi connectivity index (χ4n) is 4.03. The van der Waals surface area contributed by atoms with E-state index in [0.717, 1.165) is 23.8 Å². The van der Waals surface area contributed by atoms with E-state index in [1.54, 1.807) is 17.5 Å². The zero-order chi connectivity index (χ0) is 20.1. The average molecular weight is 411 g/mol. The second kappa shape index (κ2) is 9.22. The van der Waals surface area contributed by atoms with Crippen molar-refractivity contribution in [2.75, 3.05) is 31.1 Å². The van der Waals surface area contributed by atoms with Crippen LogP contribution in [0, 0.1) is 11.8 Å². The highest BCUT2D eigenvalue weighted by atomic mass is 32.1. The number of pyridine rings is 1. The molecule has 0 aromatic carbocycles. The number of anilines is 1. The number of allylic oxidation sites excluding steroid dienone is 2. The van der Waals surface area contributed by atoms with E-state index in [1.165, 1.54) is 0 Å². The van der Waals surface area contributed by atoms with Crippen molar-refractivity contribution in [2.45, 2.75) is 19.4 Å². The lowest BCUT2D eigenvalue weighted by atomic mass is 9.81. The van der Waals surface area contributed by atoms with Crippen molar-refractivity contribution < 1.29 is 9.59 Å². The first-order chi connectivity index (χ1) is 14.2. The van der Waals surface area contributed by atoms with E-state index in [4.69, 9.17) is 0 Å². The Morgan fingerprint density at radius 1 is 1.03 bits per heavy atom. The molecule has 0 radical (unpaired) electrons. The summed E-state index contributed by atoms with van der Waals surface area (Å²) in [7, 11) is 0. The van der Waals surface area contributed by atoms with Crippen LogP contribution in [-0.2, 0) is 16.1 Å². The Labute approximate surface area is 175 Å². The summed E-state index contributed by atoms with van der Waals surface area (Å²) in [5.41, 5.74) is 0. The normalized spacial score (nSPS) is 21.8. The van der Waals surface area contributed by atoms with Gasteiger partial charge in [-0.25, -0.2) is 4.98 Å². The molecular formula is C22H26N4O2S. The maximum atomic E-state index is 13.2. The molecule has 152 valence electrons. The number of rotatable bonds is 5. The second-order valence-corrected chi connectivity index (χ2v) is 8.49. The van der Waals surface area contributed by atoms with Crippen LogP contribution in [0.15, 0.2) is 54.1 Å². The zero-order valence-corrected chi connectivity index (χ0v) is 17.2. The number of piperazine rings is 1. The summed E-state index contributed by atoms with van der Waals surface area (Å²) in [4.78, 5) is 35.7. The Morgan fingerprint density at radius 3 is 2.52 bits per heavy atom. The minimum Gasteiger partial charge on any atom is -0.353 e. The largest absolute Gasteiger partial charge is 0.353 e. The van der Waals surface area contributed by atoms with Crippen LogP contribution in [0.2, 0.25) is 0 Å². The van der Waals surface area contributed by atoms with Crippen LogP contribution >= 0.6 is 11.3 Å². The van der Waals surface area contributed by atoms with Crippen molar-refractivity contribution in [3.63, 3.8) is 0 Å². The molecule has 6 nitrogen and oxygen atoms in total. The van der Waals surface area contributed by atoms with Gasteiger partial charge in [-0.3, -0.25) is 9.59 Å². The van der Waals surface area contributed by atoms with Crippen molar-refractivity contribution >= 4 is 29.0 Å². The predicted molar refractivity (Wildman–Crippen MR) is 115 cm³/mol. The molecule has 1 aliphatic carbocycles. The first-order valence-corrected chi connectivity index (χ1v) is 11.0. The molecule has 2 unspecified atom stereocenters. The van der Waals surface area contributed by atoms with Crippen LogP contribution in [-0.4, -0.2) is 47.9 Å². The number of nitrogens with one attached hydrogen (secondary N) is 1. The number of nitrogens with zero attached hydrogens (tertiary/aromatic N) is 3. The van der Waals surface area contributed by atoms with E-state index in [0.29, 0.717) is 32.5 Å². The predicted octanol–water partition coefficient (Wildman–Crippen LogP) is 2.69. The number of amides is 2. The minimum atomic E-state index is -0.290. The molecule has 7 heteroatoms. The molecule has 3 heterocycles. The highest BCUT2D eigenvalue weighted by molar-refractivity contribution is 7.09. The van der Waals surface area contributed by atoms with Gasteiger partial charge in [0.25, 0.3) is 0 Å². The van der Waals surface area contributed by atoms with Crippen LogP contribution < -0.4 is 10.2 Å². The smallest absolute Gasteiger partial charge is 0.226 e. The van der Waals surface area contributed by atoms with Crippen LogP contribution in [0.5, 0.6) is 0 Å². The van der Waals surface area contributed by atoms with E-state index >= 15 is 0 Å². The fraction of sp³-hybridized carbons (Fsp3) is 0.409. The molecule has 1 N–H and O–H groups in total. The fourth-order valence-corrected chi connectivity index (χ4v) is 4.67. The van der Waals surface area contributed by atoms with Crippen molar-refractivity contribution in [3.8, 4) is 0 Å². The number of hydrogen-bond acceptors (Lipinski definition) is 5. The van der Waals surface area contributed by atoms with Crippen LogP contribution in [0.4, 0.5) is 5.82 Å². The van der Waals surface area contributed by atoms with E-state index in [2.05, 4.69) is 15.2 Å². The summed E-state index contributed by atoms with van der Waals surface area (Å²) < 4.78 is 0. The van der Waals surface area contributed by atoms with Crippen LogP contribution in [0.1, 0.15) is 17.7 Å². The maximum Gasteiger partial charge on any atom is 0.226 e. The Morgan fingerprint density at radius 2 is 1.83 bits per heavy atom. The summed E-state index contributed by atoms with van der Waals surface area (Å²) in [5.74, 6) is 0.469. The van der Waals surface area contributed by atoms with E-state index in [1.807, 2.05) is 52.8 Å². The SMILES string of the molecule is O=C(NCc1cccs1)C1CC=CCC1C(=O)N1CCN(c2ccccn2)CC1. The molecule has 0 spiro atoms. The number of carbonyl (C=O) groups excluding carboxylic acids is 2. The van der Waals surface area contributed by atoms with Gasteiger partial charge in [0.2, 0.25) is 11.8 Å². The quantitative estimate of drug-likeness (QED) is 0.770. The summed E-state index contributed by atoms with van der Waals surface area (Å²) in [6.45, 7) is 3.39. The molecule has 2 aromatic heterocycles. The molecule has 29 heavy (non-hydrogen) atoms. The van der Waals surface area contributed by atoms with Gasteiger partial charge >= 0.3 is 0 Å². The standard InChI is InChI=1S/C22H26N4O2S/c27-21(24-16-17-6-5-15-29-17)18-7-1-2-8-19(18)22(28)26-13-11-25(12-14-26)20-9-3-4-10-23-20/h1-6,9-10,15,18-19H,7-8,11-14,16H2,(H,24,27). The van der Waals surface area contributed by atoms with Crippen LogP contribution in [0.3, 0.4) is 0 Å². The summed E-state index contributed by atoms with van der Waals surface area (Å²) in [5, 5.41) is 5.02. The summed E-state index contributed by atoms with van der Waals surface area (Å²) >= 11 is 1.63. The monoisotopic (exact) mass is 410 g/mol. The highest BCUT2D eigenvalue weighted by Crippen LogP contribution is 2.28. The van der Waals surface area contributed by atoms with E-state index < -0.39 is 0 Å². The van der Waals surface area contributed by atoms with Gasteiger partial charge in [-0.1, -0.05) is 24.3 Å². The van der Waals surface area contributed by atoms with Gasteiger partial charge < -0.3 is 15.1 Å². The topological polar surface area (TPSA) is 65.5 Å². The molecule has 0 bridgehead atoms. The lowest BCUT2D eigenvalue weighted by Crippen LogP contribution is -2.52. The lowest BCUT2D eigenvalue weighted by Gasteiger charge is -2.38. The molecule has 4 rings (SSSR count). The van der Waals surface area contributed by atoms with Gasteiger partial charge in [0.1, 0.15) is 5.82 Å². The van der Waals surface area contributed by atoms with Gasteiger partial charge in [-0.15, -0.1) is 11.3 Å². The third-order valence-corrected chi connectivity index (χ3v) is 6.54. The number of aromatic nitrogens is 1. The van der Waals surface area contributed by atoms with E-state index in [9.17, 15) is 9.59 Å². The molecule has 2 aromatic rings. The number of hydrogen-bond donors (Lipinski definition) is 1. The first-order valence-electron chi connectivity index (χ1n) is 10.1. The van der Waals surface area contributed by atoms with Crippen molar-refractivity contribution in [1.82, 2.24) is 15.2 Å². The molecule has 1 aliphatic heterocycles. The zero-order valence-electron chi connectivity index (χ0n) is 16.4. The van der Waals surface area contributed by atoms with Gasteiger partial charge in [-0.05, 0) is 36.4 Å². The van der Waals surface area contributed by atoms with Crippen molar-refractivity contribution in [2.24, 2.45) is 11.8 Å². The lowest BCUT2D eigenvalue weighted by molar-refractivity contribution is -0.142. The van der Waals surface area contributed by atoms with E-state index in [-0.39, 0.29) is 23.7 Å². The van der Waals surface area contributed by atoms with Gasteiger partial charge in [0, 0.05) is 37.3 Å². The number of thiophene rings is 1. The Balaban J connectivity index is 1.35. The van der Waals surface area contributed by atoms with Crippen LogP contribution in [0.25, 0.3) is 0 Å². The third kappa shape index (κ3) is 4.67. The Hall–Kier alpha value is -2.67. The first kappa shape index (κ1) is 19.6. The molecule has 0 saturated carbocycles. The van der Waals surface area contributed by atoms with Gasteiger partial charge in [0.05, 0.1) is 18.4 Å². The number of carbonyl (C=O) groups is 2. The molecule has 2 amide bonds. The summed E-state index contributed by atoms with van der Waals surface area (Å²) in [6, 6.07) is 9.87. The highest BCUT2D eigenvalue weighted by Gasteiger charge is 2.37. The van der Waals surface area contributed by atoms with Crippen molar-refractivity contribution in [1.29, 1.82) is 0 Å². The third-order valence-electron chi connectivity index (χ3n) is 5.67. The molecule has 2 aliphatic rings. The molecule has 2 atom stereocenters. The minimum absolute atomic E-state index is 0.0202. The maximum absolute atomic E-state index is 13.2. The summed E-state index contributed by atoms with van der Waals surface area (Å²) in [6.07, 6.45) is 7.12.